The van der Waals surface area contributed by atoms with Gasteiger partial charge in [-0.3, -0.25) is 9.59 Å². The maximum atomic E-state index is 13.2. The molecule has 0 atom stereocenters. The van der Waals surface area contributed by atoms with E-state index in [2.05, 4.69) is 39.9 Å². The van der Waals surface area contributed by atoms with Crippen LogP contribution in [0.3, 0.4) is 0 Å². The standard InChI is InChI=1S/C29H32N4O2/c1-4-5-17-30-28(34)22-13-16-25-24(18-22)26(29(35)32-25)27(21-9-7-6-8-10-21)31-23-14-11-20(12-15-23)19-33(2)3/h6-16,18,31H,4-5,17,19H2,1-3H3,(H,30,34)(H,32,35)/b27-26-. The van der Waals surface area contributed by atoms with E-state index >= 15 is 0 Å². The predicted molar refractivity (Wildman–Crippen MR) is 143 cm³/mol. The number of hydrogen-bond acceptors (Lipinski definition) is 4. The molecule has 35 heavy (non-hydrogen) atoms. The predicted octanol–water partition coefficient (Wildman–Crippen LogP) is 5.21. The number of carbonyl (C=O) groups excluding carboxylic acids is 2. The molecule has 180 valence electrons. The molecule has 4 rings (SSSR count). The van der Waals surface area contributed by atoms with Crippen LogP contribution in [0.1, 0.15) is 46.8 Å². The van der Waals surface area contributed by atoms with E-state index in [4.69, 9.17) is 0 Å². The molecule has 3 N–H and O–H groups in total. The molecule has 3 aromatic carbocycles. The van der Waals surface area contributed by atoms with Gasteiger partial charge < -0.3 is 20.9 Å². The minimum absolute atomic E-state index is 0.134. The number of carbonyl (C=O) groups is 2. The fraction of sp³-hybridized carbons (Fsp3) is 0.241. The summed E-state index contributed by atoms with van der Waals surface area (Å²) >= 11 is 0. The van der Waals surface area contributed by atoms with Crippen LogP contribution in [0, 0.1) is 0 Å². The van der Waals surface area contributed by atoms with Gasteiger partial charge in [-0.25, -0.2) is 0 Å². The first kappa shape index (κ1) is 24.2. The Morgan fingerprint density at radius 3 is 2.37 bits per heavy atom. The highest BCUT2D eigenvalue weighted by Crippen LogP contribution is 2.38. The number of nitrogens with zero attached hydrogens (tertiary/aromatic N) is 1. The lowest BCUT2D eigenvalue weighted by Crippen LogP contribution is -2.24. The number of amides is 2. The highest BCUT2D eigenvalue weighted by Gasteiger charge is 2.29. The first-order chi connectivity index (χ1) is 17.0. The third kappa shape index (κ3) is 5.78. The minimum atomic E-state index is -0.195. The van der Waals surface area contributed by atoms with Crippen molar-refractivity contribution in [3.05, 3.63) is 95.1 Å². The zero-order valence-corrected chi connectivity index (χ0v) is 20.5. The SMILES string of the molecule is CCCCNC(=O)c1ccc2c(c1)/C(=C(/Nc1ccc(CN(C)C)cc1)c1ccccc1)C(=O)N2. The van der Waals surface area contributed by atoms with Crippen molar-refractivity contribution in [3.63, 3.8) is 0 Å². The second-order valence-electron chi connectivity index (χ2n) is 9.00. The molecule has 3 aromatic rings. The first-order valence-electron chi connectivity index (χ1n) is 12.0. The van der Waals surface area contributed by atoms with Crippen LogP contribution >= 0.6 is 0 Å². The molecule has 0 fully saturated rings. The molecule has 1 aliphatic heterocycles. The highest BCUT2D eigenvalue weighted by molar-refractivity contribution is 6.37. The average molecular weight is 469 g/mol. The molecule has 0 aromatic heterocycles. The van der Waals surface area contributed by atoms with E-state index in [9.17, 15) is 9.59 Å². The van der Waals surface area contributed by atoms with Crippen molar-refractivity contribution in [1.82, 2.24) is 10.2 Å². The summed E-state index contributed by atoms with van der Waals surface area (Å²) in [5.41, 5.74) is 6.15. The van der Waals surface area contributed by atoms with Crippen LogP contribution in [0.25, 0.3) is 11.3 Å². The maximum Gasteiger partial charge on any atom is 0.258 e. The number of anilines is 2. The fourth-order valence-corrected chi connectivity index (χ4v) is 4.12. The number of rotatable bonds is 9. The van der Waals surface area contributed by atoms with Crippen molar-refractivity contribution in [1.29, 1.82) is 0 Å². The average Bonchev–Trinajstić information content (AvgIpc) is 3.18. The van der Waals surface area contributed by atoms with Crippen molar-refractivity contribution in [2.24, 2.45) is 0 Å². The maximum absolute atomic E-state index is 13.2. The molecule has 0 spiro atoms. The van der Waals surface area contributed by atoms with Crippen molar-refractivity contribution >= 4 is 34.5 Å². The fourth-order valence-electron chi connectivity index (χ4n) is 4.12. The Hall–Kier alpha value is -3.90. The number of hydrogen-bond donors (Lipinski definition) is 3. The van der Waals surface area contributed by atoms with Crippen molar-refractivity contribution in [2.45, 2.75) is 26.3 Å². The molecule has 1 aliphatic rings. The first-order valence-corrected chi connectivity index (χ1v) is 12.0. The molecule has 0 saturated carbocycles. The topological polar surface area (TPSA) is 73.5 Å². The van der Waals surface area contributed by atoms with Crippen LogP contribution < -0.4 is 16.0 Å². The molecule has 0 aliphatic carbocycles. The summed E-state index contributed by atoms with van der Waals surface area (Å²) in [5, 5.41) is 9.40. The molecule has 0 radical (unpaired) electrons. The number of fused-ring (bicyclic) bond motifs is 1. The van der Waals surface area contributed by atoms with Gasteiger partial charge in [0.2, 0.25) is 0 Å². The quantitative estimate of drug-likeness (QED) is 0.298. The summed E-state index contributed by atoms with van der Waals surface area (Å²) in [7, 11) is 4.08. The molecule has 0 bridgehead atoms. The van der Waals surface area contributed by atoms with Gasteiger partial charge in [-0.05, 0) is 62.0 Å². The van der Waals surface area contributed by atoms with Crippen molar-refractivity contribution < 1.29 is 9.59 Å². The van der Waals surface area contributed by atoms with Crippen LogP contribution in [-0.4, -0.2) is 37.4 Å². The van der Waals surface area contributed by atoms with Gasteiger partial charge >= 0.3 is 0 Å². The molecule has 6 heteroatoms. The van der Waals surface area contributed by atoms with Crippen LogP contribution in [-0.2, 0) is 11.3 Å². The second-order valence-corrected chi connectivity index (χ2v) is 9.00. The van der Waals surface area contributed by atoms with Crippen molar-refractivity contribution in [2.75, 3.05) is 31.3 Å². The summed E-state index contributed by atoms with van der Waals surface area (Å²) in [5.74, 6) is -0.329. The monoisotopic (exact) mass is 468 g/mol. The van der Waals surface area contributed by atoms with Gasteiger partial charge in [0.1, 0.15) is 0 Å². The Balaban J connectivity index is 1.74. The van der Waals surface area contributed by atoms with Gasteiger partial charge in [0, 0.05) is 35.6 Å². The van der Waals surface area contributed by atoms with E-state index in [1.54, 1.807) is 18.2 Å². The van der Waals surface area contributed by atoms with Crippen LogP contribution in [0.15, 0.2) is 72.8 Å². The molecule has 0 unspecified atom stereocenters. The number of unbranched alkanes of at least 4 members (excludes halogenated alkanes) is 1. The van der Waals surface area contributed by atoms with E-state index in [1.165, 1.54) is 5.56 Å². The van der Waals surface area contributed by atoms with E-state index in [0.29, 0.717) is 34.6 Å². The summed E-state index contributed by atoms with van der Waals surface area (Å²) < 4.78 is 0. The Labute approximate surface area is 207 Å². The van der Waals surface area contributed by atoms with E-state index < -0.39 is 0 Å². The number of nitrogens with one attached hydrogen (secondary N) is 3. The van der Waals surface area contributed by atoms with Gasteiger partial charge in [0.25, 0.3) is 11.8 Å². The Bertz CT molecular complexity index is 1230. The molecular formula is C29H32N4O2. The van der Waals surface area contributed by atoms with Crippen LogP contribution in [0.2, 0.25) is 0 Å². The highest BCUT2D eigenvalue weighted by atomic mass is 16.2. The largest absolute Gasteiger partial charge is 0.354 e. The van der Waals surface area contributed by atoms with Gasteiger partial charge in [-0.2, -0.15) is 0 Å². The summed E-state index contributed by atoms with van der Waals surface area (Å²) in [6.45, 7) is 3.57. The lowest BCUT2D eigenvalue weighted by molar-refractivity contribution is -0.110. The van der Waals surface area contributed by atoms with Gasteiger partial charge in [-0.15, -0.1) is 0 Å². The minimum Gasteiger partial charge on any atom is -0.354 e. The third-order valence-electron chi connectivity index (χ3n) is 5.88. The smallest absolute Gasteiger partial charge is 0.258 e. The van der Waals surface area contributed by atoms with Gasteiger partial charge in [0.05, 0.1) is 11.3 Å². The summed E-state index contributed by atoms with van der Waals surface area (Å²) in [4.78, 5) is 28.0. The zero-order valence-electron chi connectivity index (χ0n) is 20.5. The Kier molecular flexibility index (Phi) is 7.63. The molecule has 0 saturated heterocycles. The lowest BCUT2D eigenvalue weighted by atomic mass is 9.98. The van der Waals surface area contributed by atoms with Crippen LogP contribution in [0.4, 0.5) is 11.4 Å². The van der Waals surface area contributed by atoms with E-state index in [1.807, 2.05) is 56.6 Å². The van der Waals surface area contributed by atoms with E-state index in [-0.39, 0.29) is 11.8 Å². The van der Waals surface area contributed by atoms with Gasteiger partial charge in [-0.1, -0.05) is 55.8 Å². The molecule has 1 heterocycles. The van der Waals surface area contributed by atoms with E-state index in [0.717, 1.165) is 30.6 Å². The Morgan fingerprint density at radius 2 is 1.69 bits per heavy atom. The summed E-state index contributed by atoms with van der Waals surface area (Å²) in [6.07, 6.45) is 1.94. The molecule has 6 nitrogen and oxygen atoms in total. The van der Waals surface area contributed by atoms with Crippen molar-refractivity contribution in [3.8, 4) is 0 Å². The lowest BCUT2D eigenvalue weighted by Gasteiger charge is -2.16. The molecule has 2 amide bonds. The van der Waals surface area contributed by atoms with Gasteiger partial charge in [0.15, 0.2) is 0 Å². The number of benzene rings is 3. The normalized spacial score (nSPS) is 13.9. The molecular weight excluding hydrogens is 436 g/mol. The second kappa shape index (κ2) is 11.0. The summed E-state index contributed by atoms with van der Waals surface area (Å²) in [6, 6.07) is 23.3. The Morgan fingerprint density at radius 1 is 0.943 bits per heavy atom. The third-order valence-corrected chi connectivity index (χ3v) is 5.88. The van der Waals surface area contributed by atoms with Crippen LogP contribution in [0.5, 0.6) is 0 Å². The zero-order chi connectivity index (χ0) is 24.8.